The van der Waals surface area contributed by atoms with Crippen molar-refractivity contribution in [3.05, 3.63) is 22.4 Å². The average molecular weight is 180 g/mol. The Kier molecular flexibility index (Phi) is 3.78. The molecule has 0 saturated heterocycles. The summed E-state index contributed by atoms with van der Waals surface area (Å²) in [5.74, 6) is 0. The quantitative estimate of drug-likeness (QED) is 0.709. The second kappa shape index (κ2) is 4.91. The highest BCUT2D eigenvalue weighted by Crippen LogP contribution is 2.10. The molecule has 0 aromatic carbocycles. The lowest BCUT2D eigenvalue weighted by Gasteiger charge is -2.12. The molecule has 2 nitrogen and oxygen atoms in total. The van der Waals surface area contributed by atoms with Crippen LogP contribution in [0, 0.1) is 11.3 Å². The van der Waals surface area contributed by atoms with Crippen LogP contribution in [0.5, 0.6) is 0 Å². The van der Waals surface area contributed by atoms with E-state index < -0.39 is 0 Å². The van der Waals surface area contributed by atoms with Crippen molar-refractivity contribution in [1.82, 2.24) is 4.90 Å². The third-order valence-electron chi connectivity index (χ3n) is 1.61. The third kappa shape index (κ3) is 3.04. The van der Waals surface area contributed by atoms with Gasteiger partial charge in [0.2, 0.25) is 0 Å². The van der Waals surface area contributed by atoms with Crippen LogP contribution in [-0.4, -0.2) is 18.5 Å². The van der Waals surface area contributed by atoms with Crippen LogP contribution in [-0.2, 0) is 6.54 Å². The highest BCUT2D eigenvalue weighted by molar-refractivity contribution is 7.09. The summed E-state index contributed by atoms with van der Waals surface area (Å²) < 4.78 is 0. The van der Waals surface area contributed by atoms with E-state index in [1.54, 1.807) is 11.3 Å². The Balaban J connectivity index is 2.28. The van der Waals surface area contributed by atoms with Crippen molar-refractivity contribution in [3.8, 4) is 6.07 Å². The molecule has 1 rings (SSSR count). The molecule has 0 aliphatic heterocycles. The molecule has 0 aliphatic rings. The maximum atomic E-state index is 8.37. The van der Waals surface area contributed by atoms with Crippen LogP contribution in [0.2, 0.25) is 0 Å². The molecule has 0 saturated carbocycles. The number of thiophene rings is 1. The van der Waals surface area contributed by atoms with E-state index in [-0.39, 0.29) is 0 Å². The Morgan fingerprint density at radius 2 is 2.50 bits per heavy atom. The molecular weight excluding hydrogens is 168 g/mol. The van der Waals surface area contributed by atoms with Crippen molar-refractivity contribution in [3.63, 3.8) is 0 Å². The molecule has 0 atom stereocenters. The molecule has 0 N–H and O–H groups in total. The lowest BCUT2D eigenvalue weighted by atomic mass is 10.4. The number of hydrogen-bond acceptors (Lipinski definition) is 3. The van der Waals surface area contributed by atoms with Gasteiger partial charge in [0.25, 0.3) is 0 Å². The van der Waals surface area contributed by atoms with E-state index in [4.69, 9.17) is 5.26 Å². The molecule has 0 spiro atoms. The molecule has 1 aromatic rings. The van der Waals surface area contributed by atoms with Crippen molar-refractivity contribution in [2.45, 2.75) is 13.0 Å². The average Bonchev–Trinajstić information content (AvgIpc) is 2.53. The Bertz CT molecular complexity index is 248. The van der Waals surface area contributed by atoms with E-state index in [1.165, 1.54) is 4.88 Å². The summed E-state index contributed by atoms with van der Waals surface area (Å²) in [5, 5.41) is 10.4. The van der Waals surface area contributed by atoms with E-state index in [9.17, 15) is 0 Å². The van der Waals surface area contributed by atoms with Gasteiger partial charge >= 0.3 is 0 Å². The van der Waals surface area contributed by atoms with Gasteiger partial charge in [-0.3, -0.25) is 0 Å². The monoisotopic (exact) mass is 180 g/mol. The van der Waals surface area contributed by atoms with Gasteiger partial charge in [-0.1, -0.05) is 6.07 Å². The third-order valence-corrected chi connectivity index (χ3v) is 2.47. The van der Waals surface area contributed by atoms with Crippen molar-refractivity contribution in [2.75, 3.05) is 13.6 Å². The largest absolute Gasteiger partial charge is 0.300 e. The summed E-state index contributed by atoms with van der Waals surface area (Å²) in [5.41, 5.74) is 0. The molecule has 64 valence electrons. The molecule has 0 amide bonds. The predicted octanol–water partition coefficient (Wildman–Crippen LogP) is 2.09. The second-order valence-electron chi connectivity index (χ2n) is 2.73. The summed E-state index contributed by atoms with van der Waals surface area (Å²) in [4.78, 5) is 3.52. The minimum absolute atomic E-state index is 0.613. The van der Waals surface area contributed by atoms with Gasteiger partial charge in [-0.25, -0.2) is 0 Å². The lowest BCUT2D eigenvalue weighted by molar-refractivity contribution is 0.338. The maximum Gasteiger partial charge on any atom is 0.0635 e. The zero-order valence-electron chi connectivity index (χ0n) is 7.16. The molecule has 1 heterocycles. The Morgan fingerprint density at radius 3 is 3.08 bits per heavy atom. The number of nitriles is 1. The van der Waals surface area contributed by atoms with E-state index in [0.29, 0.717) is 6.42 Å². The summed E-state index contributed by atoms with van der Waals surface area (Å²) in [6.07, 6.45) is 0.613. The molecule has 12 heavy (non-hydrogen) atoms. The van der Waals surface area contributed by atoms with E-state index in [2.05, 4.69) is 28.5 Å². The molecule has 0 fully saturated rings. The van der Waals surface area contributed by atoms with Gasteiger partial charge in [-0.2, -0.15) is 5.26 Å². The lowest BCUT2D eigenvalue weighted by Crippen LogP contribution is -2.17. The Morgan fingerprint density at radius 1 is 1.67 bits per heavy atom. The first kappa shape index (κ1) is 9.24. The van der Waals surface area contributed by atoms with Gasteiger partial charge in [0, 0.05) is 24.4 Å². The van der Waals surface area contributed by atoms with Crippen molar-refractivity contribution in [2.24, 2.45) is 0 Å². The zero-order valence-corrected chi connectivity index (χ0v) is 7.97. The molecule has 0 radical (unpaired) electrons. The summed E-state index contributed by atoms with van der Waals surface area (Å²) in [6.45, 7) is 1.81. The van der Waals surface area contributed by atoms with Gasteiger partial charge in [-0.05, 0) is 18.5 Å². The topological polar surface area (TPSA) is 27.0 Å². The first-order valence-electron chi connectivity index (χ1n) is 3.91. The molecule has 0 unspecified atom stereocenters. The first-order chi connectivity index (χ1) is 5.83. The number of nitrogens with zero attached hydrogens (tertiary/aromatic N) is 2. The van der Waals surface area contributed by atoms with Crippen molar-refractivity contribution in [1.29, 1.82) is 5.26 Å². The fraction of sp³-hybridized carbons (Fsp3) is 0.444. The first-order valence-corrected chi connectivity index (χ1v) is 4.79. The highest BCUT2D eigenvalue weighted by atomic mass is 32.1. The van der Waals surface area contributed by atoms with Crippen LogP contribution in [0.15, 0.2) is 17.5 Å². The normalized spacial score (nSPS) is 10.1. The van der Waals surface area contributed by atoms with Crippen LogP contribution in [0.3, 0.4) is 0 Å². The molecule has 0 aliphatic carbocycles. The van der Waals surface area contributed by atoms with E-state index in [1.807, 2.05) is 7.05 Å². The van der Waals surface area contributed by atoms with Crippen LogP contribution in [0.4, 0.5) is 0 Å². The van der Waals surface area contributed by atoms with Gasteiger partial charge in [0.15, 0.2) is 0 Å². The maximum absolute atomic E-state index is 8.37. The fourth-order valence-electron chi connectivity index (χ4n) is 0.988. The summed E-state index contributed by atoms with van der Waals surface area (Å²) >= 11 is 1.76. The Labute approximate surface area is 77.0 Å². The van der Waals surface area contributed by atoms with Crippen molar-refractivity contribution >= 4 is 11.3 Å². The highest BCUT2D eigenvalue weighted by Gasteiger charge is 1.99. The number of rotatable bonds is 4. The summed E-state index contributed by atoms with van der Waals surface area (Å²) in [6, 6.07) is 6.31. The Hall–Kier alpha value is -0.850. The fourth-order valence-corrected chi connectivity index (χ4v) is 1.77. The van der Waals surface area contributed by atoms with E-state index >= 15 is 0 Å². The van der Waals surface area contributed by atoms with Crippen LogP contribution in [0.1, 0.15) is 11.3 Å². The van der Waals surface area contributed by atoms with E-state index in [0.717, 1.165) is 13.1 Å². The minimum atomic E-state index is 0.613. The second-order valence-corrected chi connectivity index (χ2v) is 3.76. The molecular formula is C9H12N2S. The van der Waals surface area contributed by atoms with Crippen LogP contribution >= 0.6 is 11.3 Å². The predicted molar refractivity (Wildman–Crippen MR) is 50.9 cm³/mol. The number of hydrogen-bond donors (Lipinski definition) is 0. The molecule has 3 heteroatoms. The van der Waals surface area contributed by atoms with Gasteiger partial charge in [0.1, 0.15) is 0 Å². The molecule has 0 bridgehead atoms. The summed E-state index contributed by atoms with van der Waals surface area (Å²) in [7, 11) is 2.04. The standard InChI is InChI=1S/C9H12N2S/c1-11(6-3-5-10)8-9-4-2-7-12-9/h2,4,7H,3,6,8H2,1H3. The minimum Gasteiger partial charge on any atom is -0.300 e. The van der Waals surface area contributed by atoms with Crippen LogP contribution < -0.4 is 0 Å². The zero-order chi connectivity index (χ0) is 8.81. The van der Waals surface area contributed by atoms with Crippen molar-refractivity contribution < 1.29 is 0 Å². The van der Waals surface area contributed by atoms with Gasteiger partial charge < -0.3 is 4.90 Å². The SMILES string of the molecule is CN(CCC#N)Cc1cccs1. The van der Waals surface area contributed by atoms with Gasteiger partial charge in [0.05, 0.1) is 6.07 Å². The smallest absolute Gasteiger partial charge is 0.0635 e. The molecule has 1 aromatic heterocycles. The van der Waals surface area contributed by atoms with Crippen LogP contribution in [0.25, 0.3) is 0 Å². The van der Waals surface area contributed by atoms with Gasteiger partial charge in [-0.15, -0.1) is 11.3 Å².